The van der Waals surface area contributed by atoms with Crippen LogP contribution in [0.1, 0.15) is 0 Å². The number of anilines is 6. The molecule has 60 heavy (non-hydrogen) atoms. The molecule has 0 spiro atoms. The van der Waals surface area contributed by atoms with Crippen LogP contribution in [0.2, 0.25) is 0 Å². The lowest BCUT2D eigenvalue weighted by Gasteiger charge is -2.22. The number of pyridine rings is 2. The van der Waals surface area contributed by atoms with E-state index >= 15 is 0 Å². The molecule has 6 aromatic carbocycles. The van der Waals surface area contributed by atoms with Crippen molar-refractivity contribution in [3.8, 4) is 56.0 Å². The van der Waals surface area contributed by atoms with Crippen LogP contribution in [-0.4, -0.2) is 9.97 Å². The van der Waals surface area contributed by atoms with Gasteiger partial charge in [0.2, 0.25) is 11.8 Å². The summed E-state index contributed by atoms with van der Waals surface area (Å²) >= 11 is 0. The molecule has 0 aliphatic carbocycles. The number of hydrogen-bond acceptors (Lipinski definition) is 6. The normalized spacial score (nSPS) is 11.0. The lowest BCUT2D eigenvalue weighted by atomic mass is 10.0. The predicted octanol–water partition coefficient (Wildman–Crippen LogP) is 14.9. The van der Waals surface area contributed by atoms with Gasteiger partial charge in [0.1, 0.15) is 11.5 Å². The molecule has 0 saturated carbocycles. The highest BCUT2D eigenvalue weighted by Gasteiger charge is 2.19. The summed E-state index contributed by atoms with van der Waals surface area (Å²) in [7, 11) is 0. The Morgan fingerprint density at radius 2 is 0.600 bits per heavy atom. The van der Waals surface area contributed by atoms with Crippen LogP contribution in [0, 0.1) is 0 Å². The van der Waals surface area contributed by atoms with E-state index in [1.54, 1.807) is 12.4 Å². The Morgan fingerprint density at radius 3 is 0.950 bits per heavy atom. The number of rotatable bonds is 11. The largest absolute Gasteiger partial charge is 0.440 e. The third-order valence-electron chi connectivity index (χ3n) is 10.6. The van der Waals surface area contributed by atoms with E-state index in [1.165, 1.54) is 11.1 Å². The first-order chi connectivity index (χ1) is 29.7. The van der Waals surface area contributed by atoms with Gasteiger partial charge in [-0.25, -0.2) is 0 Å². The average molecular weight is 775 g/mol. The van der Waals surface area contributed by atoms with Crippen molar-refractivity contribution in [2.45, 2.75) is 0 Å². The molecule has 0 amide bonds. The SMILES string of the molecule is c1ccc(-c2ccc(N(c3cccnc3)c3ccc(-c4ccc(-c5ccc(-c6ccc(N(c7ccc(-c8ccccc8)cc7)c7cccnc7)o6)cc5)cc4)o3)cc2)cc1. The third kappa shape index (κ3) is 7.49. The van der Waals surface area contributed by atoms with Gasteiger partial charge in [0.15, 0.2) is 0 Å². The van der Waals surface area contributed by atoms with Crippen LogP contribution in [0.4, 0.5) is 34.5 Å². The smallest absolute Gasteiger partial charge is 0.205 e. The lowest BCUT2D eigenvalue weighted by Crippen LogP contribution is -2.09. The van der Waals surface area contributed by atoms with Crippen LogP contribution in [-0.2, 0) is 0 Å². The minimum atomic E-state index is 0.704. The van der Waals surface area contributed by atoms with Crippen LogP contribution >= 0.6 is 0 Å². The second-order valence-electron chi connectivity index (χ2n) is 14.3. The number of benzene rings is 6. The van der Waals surface area contributed by atoms with E-state index in [2.05, 4.69) is 165 Å². The molecule has 0 atom stereocenters. The topological polar surface area (TPSA) is 58.5 Å². The number of furan rings is 2. The molecule has 0 saturated heterocycles. The second kappa shape index (κ2) is 16.3. The Hall–Kier alpha value is -8.22. The molecule has 0 bridgehead atoms. The summed E-state index contributed by atoms with van der Waals surface area (Å²) in [5, 5.41) is 0. The highest BCUT2D eigenvalue weighted by molar-refractivity contribution is 5.79. The Kier molecular flexibility index (Phi) is 9.84. The number of aromatic nitrogens is 2. The minimum Gasteiger partial charge on any atom is -0.440 e. The zero-order valence-electron chi connectivity index (χ0n) is 32.5. The van der Waals surface area contributed by atoms with Crippen LogP contribution in [0.15, 0.2) is 240 Å². The fraction of sp³-hybridized carbons (Fsp3) is 0. The summed E-state index contributed by atoms with van der Waals surface area (Å²) in [6.45, 7) is 0. The van der Waals surface area contributed by atoms with Crippen LogP contribution in [0.5, 0.6) is 0 Å². The van der Waals surface area contributed by atoms with E-state index in [9.17, 15) is 0 Å². The highest BCUT2D eigenvalue weighted by atomic mass is 16.4. The van der Waals surface area contributed by atoms with E-state index in [4.69, 9.17) is 8.83 Å². The maximum Gasteiger partial charge on any atom is 0.205 e. The molecule has 0 N–H and O–H groups in total. The summed E-state index contributed by atoms with van der Waals surface area (Å²) in [4.78, 5) is 13.0. The van der Waals surface area contributed by atoms with Gasteiger partial charge in [0.05, 0.1) is 23.8 Å². The Balaban J connectivity index is 0.868. The van der Waals surface area contributed by atoms with Crippen molar-refractivity contribution in [3.05, 3.63) is 231 Å². The fourth-order valence-electron chi connectivity index (χ4n) is 7.51. The maximum atomic E-state index is 6.55. The van der Waals surface area contributed by atoms with Crippen molar-refractivity contribution in [1.82, 2.24) is 9.97 Å². The molecular formula is C54H38N4O2. The van der Waals surface area contributed by atoms with Crippen molar-refractivity contribution in [1.29, 1.82) is 0 Å². The second-order valence-corrected chi connectivity index (χ2v) is 14.3. The first kappa shape index (κ1) is 36.1. The Labute approximate surface area is 348 Å². The summed E-state index contributed by atoms with van der Waals surface area (Å²) in [6, 6.07) is 70.8. The fourth-order valence-corrected chi connectivity index (χ4v) is 7.51. The molecule has 6 heteroatoms. The summed E-state index contributed by atoms with van der Waals surface area (Å²) in [5.74, 6) is 2.97. The molecule has 10 rings (SSSR count). The van der Waals surface area contributed by atoms with E-state index in [1.807, 2.05) is 73.1 Å². The lowest BCUT2D eigenvalue weighted by molar-refractivity contribution is 0.588. The predicted molar refractivity (Wildman–Crippen MR) is 243 cm³/mol. The molecular weight excluding hydrogens is 737 g/mol. The van der Waals surface area contributed by atoms with Gasteiger partial charge in [-0.15, -0.1) is 0 Å². The van der Waals surface area contributed by atoms with E-state index < -0.39 is 0 Å². The average Bonchev–Trinajstić information content (AvgIpc) is 4.03. The van der Waals surface area contributed by atoms with Crippen molar-refractivity contribution in [3.63, 3.8) is 0 Å². The van der Waals surface area contributed by atoms with Crippen LogP contribution < -0.4 is 9.80 Å². The van der Waals surface area contributed by atoms with E-state index in [0.717, 1.165) is 67.7 Å². The molecule has 10 aromatic rings. The zero-order valence-corrected chi connectivity index (χ0v) is 32.5. The molecule has 0 fully saturated rings. The molecule has 0 unspecified atom stereocenters. The Morgan fingerprint density at radius 1 is 0.267 bits per heavy atom. The van der Waals surface area contributed by atoms with E-state index in [-0.39, 0.29) is 0 Å². The molecule has 286 valence electrons. The van der Waals surface area contributed by atoms with Gasteiger partial charge in [0, 0.05) is 47.0 Å². The summed E-state index contributed by atoms with van der Waals surface area (Å²) in [6.07, 6.45) is 7.26. The van der Waals surface area contributed by atoms with Gasteiger partial charge in [-0.3, -0.25) is 19.8 Å². The van der Waals surface area contributed by atoms with Gasteiger partial charge in [0.25, 0.3) is 0 Å². The van der Waals surface area contributed by atoms with Crippen molar-refractivity contribution in [2.75, 3.05) is 9.80 Å². The third-order valence-corrected chi connectivity index (χ3v) is 10.6. The first-order valence-corrected chi connectivity index (χ1v) is 19.9. The molecule has 0 aliphatic heterocycles. The monoisotopic (exact) mass is 774 g/mol. The van der Waals surface area contributed by atoms with Gasteiger partial charge in [-0.2, -0.15) is 0 Å². The van der Waals surface area contributed by atoms with Crippen molar-refractivity contribution < 1.29 is 8.83 Å². The van der Waals surface area contributed by atoms with Crippen LogP contribution in [0.25, 0.3) is 56.0 Å². The van der Waals surface area contributed by atoms with Crippen molar-refractivity contribution in [2.24, 2.45) is 0 Å². The molecule has 6 nitrogen and oxygen atoms in total. The number of nitrogens with zero attached hydrogens (tertiary/aromatic N) is 4. The van der Waals surface area contributed by atoms with Gasteiger partial charge in [-0.1, -0.05) is 133 Å². The van der Waals surface area contributed by atoms with E-state index in [0.29, 0.717) is 11.8 Å². The van der Waals surface area contributed by atoms with Gasteiger partial charge >= 0.3 is 0 Å². The zero-order chi connectivity index (χ0) is 40.1. The molecule has 4 heterocycles. The quantitative estimate of drug-likeness (QED) is 0.130. The van der Waals surface area contributed by atoms with Gasteiger partial charge < -0.3 is 8.83 Å². The van der Waals surface area contributed by atoms with Gasteiger partial charge in [-0.05, 0) is 94.0 Å². The first-order valence-electron chi connectivity index (χ1n) is 19.9. The Bertz CT molecular complexity index is 2720. The minimum absolute atomic E-state index is 0.704. The molecule has 4 aromatic heterocycles. The molecule has 0 radical (unpaired) electrons. The standard InChI is InChI=1S/C54H38N4O2/c1-3-9-39(10-4-1)43-23-27-47(28-24-43)57(49-13-7-35-55-37-49)53-33-31-51(59-53)45-19-15-41(16-20-45)42-17-21-46(22-18-42)52-32-34-54(60-52)58(50-14-8-36-56-38-50)48-29-25-44(26-30-48)40-11-5-2-6-12-40/h1-38H. The van der Waals surface area contributed by atoms with Crippen LogP contribution in [0.3, 0.4) is 0 Å². The van der Waals surface area contributed by atoms with Crippen molar-refractivity contribution >= 4 is 34.5 Å². The highest BCUT2D eigenvalue weighted by Crippen LogP contribution is 2.40. The maximum absolute atomic E-state index is 6.55. The number of hydrogen-bond donors (Lipinski definition) is 0. The molecule has 0 aliphatic rings. The summed E-state index contributed by atoms with van der Waals surface area (Å²) in [5.41, 5.74) is 12.6. The summed E-state index contributed by atoms with van der Waals surface area (Å²) < 4.78 is 13.1.